The van der Waals surface area contributed by atoms with Gasteiger partial charge >= 0.3 is 23.5 Å². The van der Waals surface area contributed by atoms with E-state index in [0.717, 1.165) is 29.0 Å². The molecule has 25 nitrogen and oxygen atoms in total. The Morgan fingerprint density at radius 2 is 1.66 bits per heavy atom. The Bertz CT molecular complexity index is 2110. The molecule has 1 aromatic carbocycles. The van der Waals surface area contributed by atoms with Crippen LogP contribution >= 0.6 is 35.2 Å². The number of nitrogens with one attached hydrogen (secondary N) is 2. The first kappa shape index (κ1) is 48.4. The minimum atomic E-state index is -5.59. The lowest BCUT2D eigenvalue weighted by Crippen LogP contribution is -2.46. The summed E-state index contributed by atoms with van der Waals surface area (Å²) in [6.07, 6.45) is -7.06. The topological polar surface area (TPSA) is 384 Å². The Morgan fingerprint density at radius 1 is 1.00 bits per heavy atom. The van der Waals surface area contributed by atoms with E-state index in [2.05, 4.69) is 34.4 Å². The van der Waals surface area contributed by atoms with Gasteiger partial charge in [0.2, 0.25) is 16.9 Å². The second-order valence-electron chi connectivity index (χ2n) is 13.6. The molecule has 3 heterocycles. The van der Waals surface area contributed by atoms with Gasteiger partial charge in [0, 0.05) is 30.7 Å². The summed E-state index contributed by atoms with van der Waals surface area (Å²) in [6, 6.07) is 8.33. The number of aliphatic hydroxyl groups is 3. The van der Waals surface area contributed by atoms with Gasteiger partial charge < -0.3 is 56.0 Å². The molecule has 2 amide bonds. The van der Waals surface area contributed by atoms with Crippen LogP contribution in [0.5, 0.6) is 0 Å². The van der Waals surface area contributed by atoms with E-state index < -0.39 is 95.3 Å². The van der Waals surface area contributed by atoms with Crippen LogP contribution in [0.3, 0.4) is 0 Å². The molecule has 0 bridgehead atoms. The maximum atomic E-state index is 12.7. The highest BCUT2D eigenvalue weighted by Gasteiger charge is 2.50. The van der Waals surface area contributed by atoms with Gasteiger partial charge in [-0.25, -0.2) is 28.6 Å². The fourth-order valence-electron chi connectivity index (χ4n) is 5.29. The summed E-state index contributed by atoms with van der Waals surface area (Å²) in [4.78, 5) is 88.3. The van der Waals surface area contributed by atoms with E-state index in [1.54, 1.807) is 30.3 Å². The van der Waals surface area contributed by atoms with Gasteiger partial charge in [-0.05, 0) is 12.5 Å². The minimum Gasteiger partial charge on any atom is -0.386 e. The number of rotatable bonds is 21. The van der Waals surface area contributed by atoms with Gasteiger partial charge in [0.05, 0.1) is 19.5 Å². The molecule has 4 rings (SSSR count). The number of fused-ring (bicyclic) bond motifs is 1. The van der Waals surface area contributed by atoms with Gasteiger partial charge in [-0.15, -0.1) is 0 Å². The van der Waals surface area contributed by atoms with E-state index in [-0.39, 0.29) is 42.2 Å². The molecule has 59 heavy (non-hydrogen) atoms. The van der Waals surface area contributed by atoms with Gasteiger partial charge in [0.25, 0.3) is 0 Å². The molecule has 1 aliphatic rings. The Labute approximate surface area is 339 Å². The number of imidazole rings is 1. The second-order valence-corrected chi connectivity index (χ2v) is 18.9. The lowest BCUT2D eigenvalue weighted by molar-refractivity contribution is -0.137. The number of carbonyl (C=O) groups excluding carboxylic acids is 3. The van der Waals surface area contributed by atoms with Crippen LogP contribution in [0.15, 0.2) is 43.0 Å². The molecular formula is C30H44N7O18P3S. The van der Waals surface area contributed by atoms with E-state index >= 15 is 0 Å². The number of aliphatic hydroxyl groups excluding tert-OH is 2. The van der Waals surface area contributed by atoms with E-state index in [0.29, 0.717) is 5.56 Å². The van der Waals surface area contributed by atoms with Crippen molar-refractivity contribution in [2.24, 2.45) is 5.41 Å². The molecule has 0 aliphatic carbocycles. The van der Waals surface area contributed by atoms with Crippen LogP contribution in [-0.4, -0.2) is 128 Å². The van der Waals surface area contributed by atoms with E-state index in [9.17, 15) is 63.0 Å². The lowest BCUT2D eigenvalue weighted by Gasteiger charge is -2.30. The number of benzene rings is 1. The van der Waals surface area contributed by atoms with Gasteiger partial charge in [0.15, 0.2) is 23.3 Å². The van der Waals surface area contributed by atoms with Crippen molar-refractivity contribution in [3.63, 3.8) is 0 Å². The van der Waals surface area contributed by atoms with Crippen molar-refractivity contribution in [3.05, 3.63) is 48.5 Å². The van der Waals surface area contributed by atoms with Crippen molar-refractivity contribution in [3.8, 4) is 0 Å². The van der Waals surface area contributed by atoms with Crippen LogP contribution in [0.4, 0.5) is 5.82 Å². The number of hydrogen-bond acceptors (Lipinski definition) is 19. The number of nitrogens with two attached hydrogens (primary N) is 1. The smallest absolute Gasteiger partial charge is 0.386 e. The molecule has 1 saturated heterocycles. The molecule has 8 atom stereocenters. The number of hydrogen-bond donors (Lipinski definition) is 10. The first-order chi connectivity index (χ1) is 27.3. The van der Waals surface area contributed by atoms with Crippen molar-refractivity contribution in [1.29, 1.82) is 0 Å². The molecule has 3 aromatic rings. The third-order valence-electron chi connectivity index (χ3n) is 8.47. The highest BCUT2D eigenvalue weighted by atomic mass is 32.2. The normalized spacial score (nSPS) is 22.2. The van der Waals surface area contributed by atoms with Crippen LogP contribution in [0, 0.1) is 5.41 Å². The van der Waals surface area contributed by atoms with E-state index in [1.807, 2.05) is 0 Å². The summed E-state index contributed by atoms with van der Waals surface area (Å²) < 4.78 is 62.2. The van der Waals surface area contributed by atoms with Crippen molar-refractivity contribution < 1.29 is 85.6 Å². The number of aromatic nitrogens is 4. The zero-order valence-corrected chi connectivity index (χ0v) is 34.9. The SMILES string of the molecule is CC(C)(COP(=O)(O)OP(=O)(O)OC[C@H]1O[C@@H](n2cnc3c(N)ncnc32)[C@H](O)[C@@H]1OP(=O)(O)O)[C@@H](O)C(=O)NCCC(=O)NCCSC(=O)[C@](C)(O)c1ccccc1. The molecule has 2 aromatic heterocycles. The third-order valence-corrected chi connectivity index (χ3v) is 12.6. The monoisotopic (exact) mass is 915 g/mol. The van der Waals surface area contributed by atoms with Gasteiger partial charge in [-0.1, -0.05) is 55.9 Å². The van der Waals surface area contributed by atoms with Crippen molar-refractivity contribution in [1.82, 2.24) is 30.2 Å². The second kappa shape index (κ2) is 19.6. The molecule has 1 aliphatic heterocycles. The van der Waals surface area contributed by atoms with Crippen LogP contribution in [-0.2, 0) is 56.3 Å². The van der Waals surface area contributed by atoms with Gasteiger partial charge in [-0.2, -0.15) is 4.31 Å². The van der Waals surface area contributed by atoms with Crippen molar-refractivity contribution >= 4 is 69.1 Å². The zero-order valence-electron chi connectivity index (χ0n) is 31.4. The molecule has 1 fully saturated rings. The summed E-state index contributed by atoms with van der Waals surface area (Å²) in [5, 5.41) is 36.4. The lowest BCUT2D eigenvalue weighted by atomic mass is 9.87. The Morgan fingerprint density at radius 3 is 2.32 bits per heavy atom. The van der Waals surface area contributed by atoms with Gasteiger partial charge in [0.1, 0.15) is 36.3 Å². The summed E-state index contributed by atoms with van der Waals surface area (Å²) >= 11 is 0.822. The number of carbonyl (C=O) groups is 3. The van der Waals surface area contributed by atoms with Crippen molar-refractivity contribution in [2.45, 2.75) is 63.4 Å². The molecular weight excluding hydrogens is 871 g/mol. The number of ether oxygens (including phenoxy) is 1. The van der Waals surface area contributed by atoms with Crippen LogP contribution in [0.1, 0.15) is 39.0 Å². The number of phosphoric ester groups is 3. The number of thioether (sulfide) groups is 1. The molecule has 328 valence electrons. The predicted octanol–water partition coefficient (Wildman–Crippen LogP) is -0.428. The first-order valence-corrected chi connectivity index (χ1v) is 22.7. The third kappa shape index (κ3) is 13.4. The molecule has 0 saturated carbocycles. The van der Waals surface area contributed by atoms with Crippen molar-refractivity contribution in [2.75, 3.05) is 37.8 Å². The minimum absolute atomic E-state index is 0.0231. The van der Waals surface area contributed by atoms with Crippen LogP contribution < -0.4 is 16.4 Å². The molecule has 2 unspecified atom stereocenters. The zero-order chi connectivity index (χ0) is 44.0. The summed E-state index contributed by atoms with van der Waals surface area (Å²) in [5.74, 6) is -1.42. The average Bonchev–Trinajstić information content (AvgIpc) is 3.71. The molecule has 29 heteroatoms. The van der Waals surface area contributed by atoms with Gasteiger partial charge in [-0.3, -0.25) is 32.5 Å². The standard InChI is InChI=1S/C30H44N7O18P3S/c1-29(2,23(40)26(41)33-10-9-19(38)32-11-12-59-28(42)30(3,43)17-7-5-4-6-8-17)14-52-58(49,50)55-57(47,48)51-13-18-22(54-56(44,45)46)21(39)27(53-18)37-16-36-20-24(31)34-15-35-25(20)37/h4-8,15-16,18,21-23,27,39-40,43H,9-14H2,1-3H3,(H,32,38)(H,33,41)(H,47,48)(H,49,50)(H2,31,34,35)(H2,44,45,46)/t18-,21-,22-,23+,27-,30-/m1/s1. The number of anilines is 1. The summed E-state index contributed by atoms with van der Waals surface area (Å²) in [6.45, 7) is 1.60. The Kier molecular flexibility index (Phi) is 16.1. The molecule has 0 radical (unpaired) electrons. The fourth-order valence-corrected chi connectivity index (χ4v) is 8.91. The Hall–Kier alpha value is -3.26. The van der Waals surface area contributed by atoms with E-state index in [1.165, 1.54) is 20.8 Å². The number of nitrogen functional groups attached to an aromatic ring is 1. The highest BCUT2D eigenvalue weighted by molar-refractivity contribution is 8.13. The number of nitrogens with zero attached hydrogens (tertiary/aromatic N) is 4. The average molecular weight is 916 g/mol. The maximum Gasteiger partial charge on any atom is 0.481 e. The predicted molar refractivity (Wildman–Crippen MR) is 203 cm³/mol. The van der Waals surface area contributed by atoms with Crippen LogP contribution in [0.25, 0.3) is 11.2 Å². The quantitative estimate of drug-likeness (QED) is 0.0479. The summed E-state index contributed by atoms with van der Waals surface area (Å²) in [7, 11) is -16.4. The molecule has 11 N–H and O–H groups in total. The Balaban J connectivity index is 1.22. The number of amides is 2. The van der Waals surface area contributed by atoms with Crippen LogP contribution in [0.2, 0.25) is 0 Å². The summed E-state index contributed by atoms with van der Waals surface area (Å²) in [5.41, 5.74) is 2.90. The number of phosphoric acid groups is 3. The molecule has 0 spiro atoms. The van der Waals surface area contributed by atoms with E-state index in [4.69, 9.17) is 19.5 Å². The first-order valence-electron chi connectivity index (χ1n) is 17.2. The largest absolute Gasteiger partial charge is 0.481 e. The highest BCUT2D eigenvalue weighted by Crippen LogP contribution is 2.61. The maximum absolute atomic E-state index is 12.7. The fraction of sp³-hybridized carbons (Fsp3) is 0.533.